The molecule has 0 aliphatic heterocycles. The first-order valence-corrected chi connectivity index (χ1v) is 36.8. The molecule has 0 bridgehead atoms. The number of unbranched alkanes of at least 4 members (excludes halogenated alkanes) is 54. The fourth-order valence-electron chi connectivity index (χ4n) is 11.4. The van der Waals surface area contributed by atoms with Crippen molar-refractivity contribution in [1.82, 2.24) is 0 Å². The third-order valence-electron chi connectivity index (χ3n) is 16.9. The third kappa shape index (κ3) is 68.6. The Bertz CT molecular complexity index is 1310. The third-order valence-corrected chi connectivity index (χ3v) is 16.9. The molecule has 478 valence electrons. The van der Waals surface area contributed by atoms with E-state index in [2.05, 4.69) is 45.1 Å². The van der Waals surface area contributed by atoms with Crippen molar-refractivity contribution in [1.29, 1.82) is 0 Å². The predicted molar refractivity (Wildman–Crippen MR) is 353 cm³/mol. The minimum atomic E-state index is -0.772. The monoisotopic (exact) mass is 1140 g/mol. The second kappa shape index (κ2) is 70.4. The molecule has 0 aromatic rings. The highest BCUT2D eigenvalue weighted by molar-refractivity contribution is 5.71. The molecule has 0 amide bonds. The van der Waals surface area contributed by atoms with Gasteiger partial charge in [-0.1, -0.05) is 353 Å². The molecule has 0 aromatic heterocycles. The van der Waals surface area contributed by atoms with Gasteiger partial charge in [0.15, 0.2) is 6.10 Å². The normalized spacial score (nSPS) is 12.1. The molecule has 0 aliphatic rings. The Labute approximate surface area is 506 Å². The molecular weight excluding hydrogens is 997 g/mol. The quantitative estimate of drug-likeness (QED) is 0.0261. The molecule has 0 rings (SSSR count). The number of carbonyl (C=O) groups is 3. The molecule has 1 unspecified atom stereocenters. The molecule has 0 radical (unpaired) electrons. The van der Waals surface area contributed by atoms with E-state index in [0.29, 0.717) is 19.3 Å². The molecule has 6 nitrogen and oxygen atoms in total. The van der Waals surface area contributed by atoms with Gasteiger partial charge >= 0.3 is 17.9 Å². The maximum atomic E-state index is 13.0. The number of rotatable bonds is 69. The van der Waals surface area contributed by atoms with Crippen molar-refractivity contribution in [3.05, 3.63) is 24.3 Å². The Hall–Kier alpha value is -2.11. The number of esters is 3. The maximum Gasteiger partial charge on any atom is 0.306 e. The molecule has 0 spiro atoms. The Morgan fingerprint density at radius 3 is 0.617 bits per heavy atom. The lowest BCUT2D eigenvalue weighted by Gasteiger charge is -2.18. The SMILES string of the molecule is CCCCCCCCC/C=C\CCCCCCCCCC(=O)OCC(COC(=O)CCCCCCCCCCCCC/C=C\CCCCCCCCCC)OC(=O)CCCCCCCCCCCCCCCCCCCCCCCC. The fraction of sp³-hybridized carbons (Fsp3) is 0.907. The van der Waals surface area contributed by atoms with Crippen molar-refractivity contribution in [2.24, 2.45) is 0 Å². The second-order valence-electron chi connectivity index (χ2n) is 25.2. The molecule has 0 saturated carbocycles. The first kappa shape index (κ1) is 78.9. The van der Waals surface area contributed by atoms with Crippen LogP contribution in [-0.2, 0) is 28.6 Å². The smallest absolute Gasteiger partial charge is 0.306 e. The van der Waals surface area contributed by atoms with E-state index >= 15 is 0 Å². The van der Waals surface area contributed by atoms with Crippen LogP contribution >= 0.6 is 0 Å². The van der Waals surface area contributed by atoms with Crippen LogP contribution in [-0.4, -0.2) is 37.2 Å². The average Bonchev–Trinajstić information content (AvgIpc) is 3.47. The summed E-state index contributed by atoms with van der Waals surface area (Å²) in [5.74, 6) is -0.837. The standard InChI is InChI=1S/C75H142O6/c1-4-7-10-13-16-19-22-25-28-31-34-36-38-40-41-44-47-50-53-56-59-62-65-68-74(77)80-71-72(70-79-73(76)67-64-61-58-55-52-49-46-43-33-30-27-24-21-18-15-12-9-6-3)81-75(78)69-66-63-60-57-54-51-48-45-42-39-37-35-32-29-26-23-20-17-14-11-8-5-2/h30-31,33-34,72H,4-29,32,35-71H2,1-3H3/b33-30-,34-31-. The molecule has 1 atom stereocenters. The molecule has 81 heavy (non-hydrogen) atoms. The highest BCUT2D eigenvalue weighted by Gasteiger charge is 2.20. The highest BCUT2D eigenvalue weighted by atomic mass is 16.6. The zero-order chi connectivity index (χ0) is 58.5. The zero-order valence-electron chi connectivity index (χ0n) is 55.1. The molecular formula is C75H142O6. The summed E-state index contributed by atoms with van der Waals surface area (Å²) in [5, 5.41) is 0. The molecule has 0 fully saturated rings. The molecule has 0 N–H and O–H groups in total. The summed E-state index contributed by atoms with van der Waals surface area (Å²) in [5.41, 5.74) is 0. The average molecular weight is 1140 g/mol. The van der Waals surface area contributed by atoms with Crippen molar-refractivity contribution in [3.63, 3.8) is 0 Å². The first-order valence-electron chi connectivity index (χ1n) is 36.8. The molecule has 0 saturated heterocycles. The summed E-state index contributed by atoms with van der Waals surface area (Å²) >= 11 is 0. The van der Waals surface area contributed by atoms with Crippen molar-refractivity contribution in [2.75, 3.05) is 13.2 Å². The van der Waals surface area contributed by atoms with E-state index in [1.807, 2.05) is 0 Å². The van der Waals surface area contributed by atoms with Crippen molar-refractivity contribution >= 4 is 17.9 Å². The lowest BCUT2D eigenvalue weighted by atomic mass is 10.0. The topological polar surface area (TPSA) is 78.9 Å². The van der Waals surface area contributed by atoms with Crippen molar-refractivity contribution < 1.29 is 28.6 Å². The van der Waals surface area contributed by atoms with E-state index in [9.17, 15) is 14.4 Å². The Kier molecular flexibility index (Phi) is 68.5. The van der Waals surface area contributed by atoms with Crippen LogP contribution in [0.5, 0.6) is 0 Å². The van der Waals surface area contributed by atoms with Gasteiger partial charge in [0, 0.05) is 19.3 Å². The van der Waals surface area contributed by atoms with Crippen LogP contribution in [0, 0.1) is 0 Å². The summed E-state index contributed by atoms with van der Waals surface area (Å²) in [4.78, 5) is 38.5. The largest absolute Gasteiger partial charge is 0.462 e. The van der Waals surface area contributed by atoms with Crippen LogP contribution in [0.3, 0.4) is 0 Å². The van der Waals surface area contributed by atoms with Crippen LogP contribution in [0.1, 0.15) is 419 Å². The summed E-state index contributed by atoms with van der Waals surface area (Å²) in [7, 11) is 0. The van der Waals surface area contributed by atoms with Gasteiger partial charge in [0.05, 0.1) is 0 Å². The van der Waals surface area contributed by atoms with Gasteiger partial charge in [0.25, 0.3) is 0 Å². The minimum Gasteiger partial charge on any atom is -0.462 e. The van der Waals surface area contributed by atoms with E-state index in [-0.39, 0.29) is 31.1 Å². The van der Waals surface area contributed by atoms with E-state index in [0.717, 1.165) is 57.8 Å². The summed E-state index contributed by atoms with van der Waals surface area (Å²) in [6, 6.07) is 0. The molecule has 0 aliphatic carbocycles. The zero-order valence-corrected chi connectivity index (χ0v) is 55.1. The number of allylic oxidation sites excluding steroid dienone is 4. The number of ether oxygens (including phenoxy) is 3. The van der Waals surface area contributed by atoms with Crippen LogP contribution in [0.25, 0.3) is 0 Å². The minimum absolute atomic E-state index is 0.0672. The van der Waals surface area contributed by atoms with Gasteiger partial charge in [-0.3, -0.25) is 14.4 Å². The van der Waals surface area contributed by atoms with Gasteiger partial charge < -0.3 is 14.2 Å². The predicted octanol–water partition coefficient (Wildman–Crippen LogP) is 25.3. The summed E-state index contributed by atoms with van der Waals surface area (Å²) < 4.78 is 17.0. The van der Waals surface area contributed by atoms with Crippen molar-refractivity contribution in [2.45, 2.75) is 425 Å². The van der Waals surface area contributed by atoms with Crippen LogP contribution in [0.15, 0.2) is 24.3 Å². The second-order valence-corrected chi connectivity index (χ2v) is 25.2. The van der Waals surface area contributed by atoms with Crippen LogP contribution in [0.4, 0.5) is 0 Å². The molecule has 6 heteroatoms. The van der Waals surface area contributed by atoms with E-state index in [1.54, 1.807) is 0 Å². The summed E-state index contributed by atoms with van der Waals surface area (Å²) in [6.45, 7) is 6.73. The van der Waals surface area contributed by atoms with Gasteiger partial charge in [-0.15, -0.1) is 0 Å². The van der Waals surface area contributed by atoms with Gasteiger partial charge in [-0.2, -0.15) is 0 Å². The van der Waals surface area contributed by atoms with E-state index < -0.39 is 6.10 Å². The fourth-order valence-corrected chi connectivity index (χ4v) is 11.4. The Morgan fingerprint density at radius 2 is 0.407 bits per heavy atom. The molecule has 0 heterocycles. The van der Waals surface area contributed by atoms with Gasteiger partial charge in [-0.25, -0.2) is 0 Å². The van der Waals surface area contributed by atoms with E-state index in [1.165, 1.54) is 321 Å². The number of carbonyl (C=O) groups excluding carboxylic acids is 3. The van der Waals surface area contributed by atoms with Crippen LogP contribution in [0.2, 0.25) is 0 Å². The molecule has 0 aromatic carbocycles. The lowest BCUT2D eigenvalue weighted by Crippen LogP contribution is -2.30. The highest BCUT2D eigenvalue weighted by Crippen LogP contribution is 2.19. The van der Waals surface area contributed by atoms with E-state index in [4.69, 9.17) is 14.2 Å². The Balaban J connectivity index is 4.29. The van der Waals surface area contributed by atoms with Gasteiger partial charge in [0.2, 0.25) is 0 Å². The van der Waals surface area contributed by atoms with Crippen LogP contribution < -0.4 is 0 Å². The maximum absolute atomic E-state index is 13.0. The van der Waals surface area contributed by atoms with Crippen molar-refractivity contribution in [3.8, 4) is 0 Å². The number of hydrogen-bond acceptors (Lipinski definition) is 6. The number of hydrogen-bond donors (Lipinski definition) is 0. The first-order chi connectivity index (χ1) is 40.0. The van der Waals surface area contributed by atoms with Gasteiger partial charge in [-0.05, 0) is 70.6 Å². The lowest BCUT2D eigenvalue weighted by molar-refractivity contribution is -0.167. The Morgan fingerprint density at radius 1 is 0.235 bits per heavy atom. The van der Waals surface area contributed by atoms with Gasteiger partial charge in [0.1, 0.15) is 13.2 Å². The summed E-state index contributed by atoms with van der Waals surface area (Å²) in [6.07, 6.45) is 86.4.